The van der Waals surface area contributed by atoms with E-state index in [0.29, 0.717) is 23.9 Å². The molecule has 8 nitrogen and oxygen atoms in total. The predicted octanol–water partition coefficient (Wildman–Crippen LogP) is 3.95. The van der Waals surface area contributed by atoms with E-state index in [1.807, 2.05) is 18.3 Å². The van der Waals surface area contributed by atoms with Crippen LogP contribution in [0.1, 0.15) is 28.0 Å². The fourth-order valence-electron chi connectivity index (χ4n) is 6.81. The molecule has 9 heteroatoms. The maximum absolute atomic E-state index is 14.8. The number of hydrogen-bond acceptors (Lipinski definition) is 6. The fraction of sp³-hybridized carbons (Fsp3) is 0.300. The molecule has 0 saturated carbocycles. The molecule has 2 N–H and O–H groups in total. The van der Waals surface area contributed by atoms with Crippen LogP contribution in [0.3, 0.4) is 0 Å². The van der Waals surface area contributed by atoms with Crippen molar-refractivity contribution in [2.45, 2.75) is 18.9 Å². The number of carboxylic acid groups (broad SMARTS) is 1. The van der Waals surface area contributed by atoms with E-state index in [1.165, 1.54) is 16.5 Å². The van der Waals surface area contributed by atoms with Crippen molar-refractivity contribution in [3.8, 4) is 22.3 Å². The van der Waals surface area contributed by atoms with Crippen LogP contribution in [0.5, 0.6) is 0 Å². The number of nitrogens with zero attached hydrogens (tertiary/aromatic N) is 4. The molecule has 39 heavy (non-hydrogen) atoms. The zero-order chi connectivity index (χ0) is 27.0. The lowest BCUT2D eigenvalue weighted by molar-refractivity contribution is 0.0694. The Morgan fingerprint density at radius 2 is 1.97 bits per heavy atom. The van der Waals surface area contributed by atoms with Crippen molar-refractivity contribution in [3.63, 3.8) is 0 Å². The molecule has 1 aliphatic carbocycles. The third-order valence-electron chi connectivity index (χ3n) is 8.76. The van der Waals surface area contributed by atoms with Gasteiger partial charge >= 0.3 is 5.97 Å². The molecule has 0 spiro atoms. The molecule has 5 heterocycles. The Hall–Kier alpha value is -4.24. The number of carboxylic acids is 1. The van der Waals surface area contributed by atoms with Gasteiger partial charge in [0.15, 0.2) is 0 Å². The Bertz CT molecular complexity index is 1750. The highest BCUT2D eigenvalue weighted by Gasteiger charge is 2.42. The molecule has 2 aliphatic heterocycles. The van der Waals surface area contributed by atoms with Crippen LogP contribution in [0.25, 0.3) is 27.8 Å². The van der Waals surface area contributed by atoms with Gasteiger partial charge in [0.05, 0.1) is 11.4 Å². The van der Waals surface area contributed by atoms with Gasteiger partial charge in [0.1, 0.15) is 11.4 Å². The van der Waals surface area contributed by atoms with E-state index in [9.17, 15) is 19.1 Å². The summed E-state index contributed by atoms with van der Waals surface area (Å²) >= 11 is 0. The number of halogens is 1. The van der Waals surface area contributed by atoms with Crippen LogP contribution in [0.4, 0.5) is 15.8 Å². The summed E-state index contributed by atoms with van der Waals surface area (Å²) < 4.78 is 16.2. The minimum Gasteiger partial charge on any atom is -0.477 e. The molecular weight excluding hydrogens is 497 g/mol. The lowest BCUT2D eigenvalue weighted by atomic mass is 9.98. The van der Waals surface area contributed by atoms with Gasteiger partial charge in [0, 0.05) is 72.9 Å². The molecule has 0 unspecified atom stereocenters. The number of likely N-dealkylation sites (tertiary alicyclic amines) is 1. The third kappa shape index (κ3) is 3.56. The lowest BCUT2D eigenvalue weighted by Crippen LogP contribution is -2.32. The second-order valence-corrected chi connectivity index (χ2v) is 10.8. The van der Waals surface area contributed by atoms with Gasteiger partial charge in [-0.2, -0.15) is 0 Å². The molecule has 4 aromatic rings. The van der Waals surface area contributed by atoms with Crippen LogP contribution >= 0.6 is 0 Å². The monoisotopic (exact) mass is 525 g/mol. The van der Waals surface area contributed by atoms with Gasteiger partial charge in [0.2, 0.25) is 0 Å². The van der Waals surface area contributed by atoms with Gasteiger partial charge < -0.3 is 20.2 Å². The molecular formula is C30H28FN5O3. The average molecular weight is 526 g/mol. The normalized spacial score (nSPS) is 19.8. The van der Waals surface area contributed by atoms with E-state index in [0.717, 1.165) is 70.9 Å². The molecule has 7 rings (SSSR count). The summed E-state index contributed by atoms with van der Waals surface area (Å²) in [6.45, 7) is 2.83. The van der Waals surface area contributed by atoms with Crippen molar-refractivity contribution in [3.05, 3.63) is 81.8 Å². The highest BCUT2D eigenvalue weighted by Crippen LogP contribution is 2.50. The Labute approximate surface area is 224 Å². The number of fused-ring (bicyclic) bond motifs is 5. The van der Waals surface area contributed by atoms with Crippen LogP contribution in [-0.4, -0.2) is 65.1 Å². The number of aromatic nitrogens is 2. The Morgan fingerprint density at radius 1 is 1.15 bits per heavy atom. The molecule has 3 aliphatic rings. The Morgan fingerprint density at radius 3 is 2.74 bits per heavy atom. The van der Waals surface area contributed by atoms with Crippen LogP contribution < -0.4 is 15.8 Å². The Balaban J connectivity index is 1.47. The largest absolute Gasteiger partial charge is 0.477 e. The third-order valence-corrected chi connectivity index (χ3v) is 8.76. The maximum Gasteiger partial charge on any atom is 0.341 e. The molecule has 2 fully saturated rings. The summed E-state index contributed by atoms with van der Waals surface area (Å²) in [6.07, 6.45) is 5.29. The van der Waals surface area contributed by atoms with Gasteiger partial charge in [-0.05, 0) is 67.4 Å². The topological polar surface area (TPSA) is 90.2 Å². The molecule has 0 amide bonds. The van der Waals surface area contributed by atoms with Gasteiger partial charge in [-0.3, -0.25) is 14.2 Å². The number of anilines is 2. The van der Waals surface area contributed by atoms with Crippen molar-refractivity contribution in [2.75, 3.05) is 43.9 Å². The predicted molar refractivity (Wildman–Crippen MR) is 148 cm³/mol. The molecule has 0 bridgehead atoms. The summed E-state index contributed by atoms with van der Waals surface area (Å²) in [5, 5.41) is 12.6. The minimum absolute atomic E-state index is 0.281. The fourth-order valence-corrected chi connectivity index (χ4v) is 6.81. The molecule has 1 aromatic carbocycles. The molecule has 2 saturated heterocycles. The van der Waals surface area contributed by atoms with E-state index < -0.39 is 11.5 Å². The number of rotatable bonds is 4. The highest BCUT2D eigenvalue weighted by atomic mass is 19.1. The van der Waals surface area contributed by atoms with Crippen molar-refractivity contribution < 1.29 is 14.3 Å². The number of nitrogens with one attached hydrogen (secondary N) is 1. The number of likely N-dealkylation sites (N-methyl/N-ethyl adjacent to an activating group) is 1. The van der Waals surface area contributed by atoms with Gasteiger partial charge in [-0.15, -0.1) is 0 Å². The highest BCUT2D eigenvalue weighted by molar-refractivity contribution is 5.97. The second-order valence-electron chi connectivity index (χ2n) is 10.8. The van der Waals surface area contributed by atoms with Crippen LogP contribution in [0.15, 0.2) is 53.6 Å². The van der Waals surface area contributed by atoms with Crippen molar-refractivity contribution in [2.24, 2.45) is 5.92 Å². The van der Waals surface area contributed by atoms with Gasteiger partial charge in [-0.25, -0.2) is 9.18 Å². The first kappa shape index (κ1) is 23.8. The van der Waals surface area contributed by atoms with Crippen molar-refractivity contribution in [1.82, 2.24) is 14.3 Å². The second kappa shape index (κ2) is 8.64. The number of aromatic carboxylic acids is 1. The summed E-state index contributed by atoms with van der Waals surface area (Å²) in [7, 11) is 3.97. The zero-order valence-electron chi connectivity index (χ0n) is 21.7. The molecule has 2 atom stereocenters. The molecule has 3 aromatic heterocycles. The Kier molecular flexibility index (Phi) is 5.28. The van der Waals surface area contributed by atoms with Crippen LogP contribution in [-0.2, 0) is 6.42 Å². The number of hydrogen-bond donors (Lipinski definition) is 2. The lowest BCUT2D eigenvalue weighted by Gasteiger charge is -2.27. The SMILES string of the molecule is CNc1cc(F)cc2c1Cc1ncc(-c3ccc4ccc(C(=O)O)c(=O)n4c3)c(N3C[C@@H]4CCN(C)[C@@H]4C3)c1-2. The molecule has 198 valence electrons. The minimum atomic E-state index is -1.26. The standard InChI is InChI=1S/C30H28FN5O3/c1-32-24-10-18(31)9-22-21(24)11-25-27(22)28(35-13-17-7-8-34(2)26(17)15-35)23(12-33-25)16-3-4-19-5-6-20(30(38)39)29(37)36(19)14-16/h3-6,9-10,12,14,17,26,32H,7-8,11,13,15H2,1-2H3,(H,38,39)/t17-,26+/m0/s1. The first-order valence-corrected chi connectivity index (χ1v) is 13.2. The maximum atomic E-state index is 14.8. The van der Waals surface area contributed by atoms with Crippen molar-refractivity contribution >= 4 is 22.9 Å². The van der Waals surface area contributed by atoms with Crippen LogP contribution in [0.2, 0.25) is 0 Å². The quantitative estimate of drug-likeness (QED) is 0.367. The van der Waals surface area contributed by atoms with E-state index in [1.54, 1.807) is 25.4 Å². The van der Waals surface area contributed by atoms with Crippen LogP contribution in [0, 0.1) is 11.7 Å². The first-order valence-electron chi connectivity index (χ1n) is 13.2. The average Bonchev–Trinajstić information content (AvgIpc) is 3.61. The summed E-state index contributed by atoms with van der Waals surface area (Å²) in [6, 6.07) is 10.3. The number of benzene rings is 1. The van der Waals surface area contributed by atoms with E-state index >= 15 is 0 Å². The summed E-state index contributed by atoms with van der Waals surface area (Å²) in [5.74, 6) is -1.02. The zero-order valence-corrected chi connectivity index (χ0v) is 21.7. The summed E-state index contributed by atoms with van der Waals surface area (Å²) in [5.41, 5.74) is 6.80. The smallest absolute Gasteiger partial charge is 0.341 e. The van der Waals surface area contributed by atoms with Gasteiger partial charge in [0.25, 0.3) is 5.56 Å². The van der Waals surface area contributed by atoms with Crippen molar-refractivity contribution in [1.29, 1.82) is 0 Å². The van der Waals surface area contributed by atoms with E-state index in [-0.39, 0.29) is 11.4 Å². The summed E-state index contributed by atoms with van der Waals surface area (Å²) in [4.78, 5) is 34.3. The van der Waals surface area contributed by atoms with Gasteiger partial charge in [-0.1, -0.05) is 6.07 Å². The van der Waals surface area contributed by atoms with E-state index in [2.05, 4.69) is 22.2 Å². The molecule has 0 radical (unpaired) electrons. The number of carbonyl (C=O) groups is 1. The van der Waals surface area contributed by atoms with E-state index in [4.69, 9.17) is 4.98 Å². The number of pyridine rings is 3. The first-order chi connectivity index (χ1) is 18.8.